The van der Waals surface area contributed by atoms with Crippen LogP contribution in [0.2, 0.25) is 0 Å². The summed E-state index contributed by atoms with van der Waals surface area (Å²) in [6.45, 7) is 19.2. The smallest absolute Gasteiger partial charge is 0.420 e. The Morgan fingerprint density at radius 3 is 1.68 bits per heavy atom. The summed E-state index contributed by atoms with van der Waals surface area (Å²) in [5.74, 6) is -1.12. The van der Waals surface area contributed by atoms with Gasteiger partial charge in [0.05, 0.1) is 6.61 Å². The van der Waals surface area contributed by atoms with Crippen molar-refractivity contribution >= 4 is 18.2 Å². The second-order valence-corrected chi connectivity index (χ2v) is 8.74. The highest BCUT2D eigenvalue weighted by molar-refractivity contribution is 5.97. The number of amides is 2. The third kappa shape index (κ3) is 6.84. The molecule has 0 aliphatic heterocycles. The van der Waals surface area contributed by atoms with Crippen LogP contribution in [0.1, 0.15) is 75.2 Å². The number of hydrogen-bond donors (Lipinski definition) is 0. The second-order valence-electron chi connectivity index (χ2n) is 8.74. The van der Waals surface area contributed by atoms with Crippen LogP contribution in [0.15, 0.2) is 12.7 Å². The molecule has 0 saturated carbocycles. The Labute approximate surface area is 169 Å². The lowest BCUT2D eigenvalue weighted by Gasteiger charge is -2.43. The van der Waals surface area contributed by atoms with Crippen LogP contribution in [0.25, 0.3) is 0 Å². The van der Waals surface area contributed by atoms with E-state index in [9.17, 15) is 14.4 Å². The van der Waals surface area contributed by atoms with Crippen LogP contribution in [0.4, 0.5) is 9.59 Å². The molecule has 0 aliphatic carbocycles. The molecular formula is C21H37NO6. The van der Waals surface area contributed by atoms with Crippen molar-refractivity contribution in [3.63, 3.8) is 0 Å². The van der Waals surface area contributed by atoms with E-state index < -0.39 is 40.8 Å². The average molecular weight is 400 g/mol. The summed E-state index contributed by atoms with van der Waals surface area (Å²) >= 11 is 0. The van der Waals surface area contributed by atoms with Crippen molar-refractivity contribution in [3.8, 4) is 0 Å². The summed E-state index contributed by atoms with van der Waals surface area (Å²) in [6.07, 6.45) is 0.0905. The first kappa shape index (κ1) is 26.0. The lowest BCUT2D eigenvalue weighted by atomic mass is 9.79. The Hall–Kier alpha value is -2.05. The highest BCUT2D eigenvalue weighted by atomic mass is 16.6. The van der Waals surface area contributed by atoms with E-state index in [0.29, 0.717) is 6.42 Å². The topological polar surface area (TPSA) is 82.1 Å². The fourth-order valence-corrected chi connectivity index (χ4v) is 2.72. The van der Waals surface area contributed by atoms with E-state index in [-0.39, 0.29) is 13.0 Å². The number of carbonyl (C=O) groups is 3. The van der Waals surface area contributed by atoms with Gasteiger partial charge in [-0.3, -0.25) is 0 Å². The van der Waals surface area contributed by atoms with Crippen molar-refractivity contribution in [1.29, 1.82) is 0 Å². The van der Waals surface area contributed by atoms with E-state index in [1.807, 2.05) is 6.92 Å². The maximum atomic E-state index is 13.1. The number of hydrogen-bond acceptors (Lipinski definition) is 6. The molecule has 0 saturated heterocycles. The molecule has 0 fully saturated rings. The van der Waals surface area contributed by atoms with Crippen LogP contribution in [0, 0.1) is 5.92 Å². The van der Waals surface area contributed by atoms with Crippen molar-refractivity contribution in [2.45, 2.75) is 91.9 Å². The van der Waals surface area contributed by atoms with Crippen molar-refractivity contribution in [3.05, 3.63) is 12.7 Å². The molecule has 0 aromatic rings. The third-order valence-corrected chi connectivity index (χ3v) is 4.06. The van der Waals surface area contributed by atoms with E-state index in [2.05, 4.69) is 6.58 Å². The van der Waals surface area contributed by atoms with Crippen LogP contribution >= 0.6 is 0 Å². The molecule has 0 aliphatic rings. The highest BCUT2D eigenvalue weighted by Crippen LogP contribution is 2.36. The van der Waals surface area contributed by atoms with Crippen LogP contribution < -0.4 is 0 Å². The fraction of sp³-hybridized carbons (Fsp3) is 0.762. The largest absolute Gasteiger partial charge is 0.464 e. The van der Waals surface area contributed by atoms with Crippen molar-refractivity contribution in [1.82, 2.24) is 4.90 Å². The Morgan fingerprint density at radius 2 is 1.39 bits per heavy atom. The minimum atomic E-state index is -1.63. The highest BCUT2D eigenvalue weighted by Gasteiger charge is 2.55. The molecule has 0 unspecified atom stereocenters. The van der Waals surface area contributed by atoms with Gasteiger partial charge in [0.15, 0.2) is 5.54 Å². The summed E-state index contributed by atoms with van der Waals surface area (Å²) in [7, 11) is 0. The van der Waals surface area contributed by atoms with E-state index >= 15 is 0 Å². The number of rotatable bonds is 7. The van der Waals surface area contributed by atoms with E-state index in [1.54, 1.807) is 55.4 Å². The lowest BCUT2D eigenvalue weighted by Crippen LogP contribution is -2.64. The molecule has 0 radical (unpaired) electrons. The molecule has 7 nitrogen and oxygen atoms in total. The number of esters is 1. The van der Waals surface area contributed by atoms with Gasteiger partial charge in [-0.15, -0.1) is 6.58 Å². The molecule has 0 bridgehead atoms. The fourth-order valence-electron chi connectivity index (χ4n) is 2.72. The third-order valence-electron chi connectivity index (χ3n) is 4.06. The van der Waals surface area contributed by atoms with Crippen LogP contribution in [0.5, 0.6) is 0 Å². The molecule has 162 valence electrons. The van der Waals surface area contributed by atoms with Gasteiger partial charge >= 0.3 is 18.2 Å². The normalized spacial score (nSPS) is 15.0. The first-order valence-corrected chi connectivity index (χ1v) is 9.70. The zero-order chi connectivity index (χ0) is 22.3. The lowest BCUT2D eigenvalue weighted by molar-refractivity contribution is -0.161. The quantitative estimate of drug-likeness (QED) is 0.337. The predicted molar refractivity (Wildman–Crippen MR) is 108 cm³/mol. The average Bonchev–Trinajstić information content (AvgIpc) is 2.50. The van der Waals surface area contributed by atoms with Gasteiger partial charge in [-0.2, -0.15) is 4.90 Å². The van der Waals surface area contributed by atoms with Gasteiger partial charge in [0.1, 0.15) is 11.2 Å². The van der Waals surface area contributed by atoms with Gasteiger partial charge in [-0.25, -0.2) is 14.4 Å². The molecule has 0 N–H and O–H groups in total. The maximum absolute atomic E-state index is 13.1. The molecule has 0 rings (SSSR count). The Kier molecular flexibility index (Phi) is 9.21. The number of imide groups is 1. The van der Waals surface area contributed by atoms with Crippen molar-refractivity contribution in [2.75, 3.05) is 6.61 Å². The molecule has 0 heterocycles. The molecule has 7 heteroatoms. The van der Waals surface area contributed by atoms with Gasteiger partial charge in [0.2, 0.25) is 0 Å². The predicted octanol–water partition coefficient (Wildman–Crippen LogP) is 5.08. The Bertz CT molecular complexity index is 544. The Morgan fingerprint density at radius 1 is 0.964 bits per heavy atom. The zero-order valence-corrected chi connectivity index (χ0v) is 18.9. The minimum absolute atomic E-state index is 0.0132. The van der Waals surface area contributed by atoms with Gasteiger partial charge in [-0.1, -0.05) is 26.3 Å². The minimum Gasteiger partial charge on any atom is -0.464 e. The van der Waals surface area contributed by atoms with Gasteiger partial charge in [-0.05, 0) is 54.4 Å². The monoisotopic (exact) mass is 399 g/mol. The first-order chi connectivity index (χ1) is 12.7. The summed E-state index contributed by atoms with van der Waals surface area (Å²) in [4.78, 5) is 40.1. The molecule has 28 heavy (non-hydrogen) atoms. The summed E-state index contributed by atoms with van der Waals surface area (Å²) < 4.78 is 16.2. The number of carbonyl (C=O) groups excluding carboxylic acids is 3. The summed E-state index contributed by atoms with van der Waals surface area (Å²) in [6, 6.07) is 0. The van der Waals surface area contributed by atoms with Gasteiger partial charge in [0.25, 0.3) is 0 Å². The zero-order valence-electron chi connectivity index (χ0n) is 18.9. The Balaban J connectivity index is 6.63. The van der Waals surface area contributed by atoms with E-state index in [1.165, 1.54) is 6.08 Å². The van der Waals surface area contributed by atoms with Crippen molar-refractivity contribution < 1.29 is 28.6 Å². The van der Waals surface area contributed by atoms with Crippen molar-refractivity contribution in [2.24, 2.45) is 5.92 Å². The molecule has 0 spiro atoms. The molecule has 2 atom stereocenters. The molecular weight excluding hydrogens is 362 g/mol. The SMILES string of the molecule is C=CC[C@@](C(=O)OCC)([C@H](C)CC)N(C(=O)OC(C)(C)C)C(=O)OC(C)(C)C. The molecule has 0 aromatic carbocycles. The standard InChI is InChI=1S/C21H37NO6/c1-11-14-21(15(4)12-2,16(23)26-13-3)22(17(24)27-19(5,6)7)18(25)28-20(8,9)10/h11,15H,1,12-14H2,2-10H3/t15-,21+/m1/s1. The maximum Gasteiger partial charge on any atom is 0.420 e. The molecule has 0 aromatic heterocycles. The second kappa shape index (κ2) is 9.94. The van der Waals surface area contributed by atoms with E-state index in [4.69, 9.17) is 14.2 Å². The van der Waals surface area contributed by atoms with Crippen LogP contribution in [-0.4, -0.2) is 46.4 Å². The number of nitrogens with zero attached hydrogens (tertiary/aromatic N) is 1. The summed E-state index contributed by atoms with van der Waals surface area (Å²) in [5.41, 5.74) is -3.38. The van der Waals surface area contributed by atoms with Gasteiger partial charge < -0.3 is 14.2 Å². The van der Waals surface area contributed by atoms with Crippen LogP contribution in [0.3, 0.4) is 0 Å². The van der Waals surface area contributed by atoms with Crippen LogP contribution in [-0.2, 0) is 19.0 Å². The molecule has 2 amide bonds. The van der Waals surface area contributed by atoms with Gasteiger partial charge in [0, 0.05) is 6.42 Å². The number of ether oxygens (including phenoxy) is 3. The summed E-state index contributed by atoms with van der Waals surface area (Å²) in [5, 5.41) is 0. The van der Waals surface area contributed by atoms with E-state index in [0.717, 1.165) is 4.90 Å². The first-order valence-electron chi connectivity index (χ1n) is 9.70.